The second-order valence-electron chi connectivity index (χ2n) is 2.81. The quantitative estimate of drug-likeness (QED) is 0.639. The van der Waals surface area contributed by atoms with Crippen molar-refractivity contribution in [3.8, 4) is 0 Å². The average molecular weight is 217 g/mol. The van der Waals surface area contributed by atoms with Crippen LogP contribution in [0.2, 0.25) is 0 Å². The van der Waals surface area contributed by atoms with Gasteiger partial charge in [0, 0.05) is 31.7 Å². The van der Waals surface area contributed by atoms with Gasteiger partial charge in [-0.25, -0.2) is 0 Å². The Bertz CT molecular complexity index is 294. The topological polar surface area (TPSA) is 40.5 Å². The molecule has 0 bridgehead atoms. The summed E-state index contributed by atoms with van der Waals surface area (Å²) in [6.07, 6.45) is 0.865. The third-order valence-electron chi connectivity index (χ3n) is 1.73. The van der Waals surface area contributed by atoms with Crippen LogP contribution < -0.4 is 5.56 Å². The molecule has 0 spiro atoms. The molecule has 5 heteroatoms. The lowest BCUT2D eigenvalue weighted by molar-refractivity contribution is 0.0682. The van der Waals surface area contributed by atoms with Gasteiger partial charge in [0.2, 0.25) is 0 Å². The fourth-order valence-electron chi connectivity index (χ4n) is 1.01. The van der Waals surface area contributed by atoms with Gasteiger partial charge < -0.3 is 9.47 Å². The van der Waals surface area contributed by atoms with Gasteiger partial charge in [-0.2, -0.15) is 0 Å². The fraction of sp³-hybridized carbons (Fsp3) is 0.667. The number of methoxy groups -OCH3 is 1. The van der Waals surface area contributed by atoms with Gasteiger partial charge in [0.05, 0.1) is 13.2 Å². The molecule has 0 aliphatic rings. The minimum atomic E-state index is 0.0758. The first-order valence-corrected chi connectivity index (χ1v) is 5.40. The fourth-order valence-corrected chi connectivity index (χ4v) is 1.74. The highest BCUT2D eigenvalue weighted by Crippen LogP contribution is 1.95. The molecule has 1 heterocycles. The molecule has 4 nitrogen and oxygen atoms in total. The maximum atomic E-state index is 11.1. The van der Waals surface area contributed by atoms with E-state index in [-0.39, 0.29) is 5.56 Å². The van der Waals surface area contributed by atoms with Crippen LogP contribution in [0.25, 0.3) is 0 Å². The molecule has 0 N–H and O–H groups in total. The number of aromatic nitrogens is 1. The van der Waals surface area contributed by atoms with E-state index in [0.717, 1.165) is 13.0 Å². The van der Waals surface area contributed by atoms with Crippen LogP contribution in [0.15, 0.2) is 16.2 Å². The monoisotopic (exact) mass is 217 g/mol. The van der Waals surface area contributed by atoms with Crippen LogP contribution in [-0.2, 0) is 16.0 Å². The van der Waals surface area contributed by atoms with Crippen LogP contribution in [0, 0.1) is 0 Å². The van der Waals surface area contributed by atoms with Crippen molar-refractivity contribution in [2.75, 3.05) is 26.9 Å². The molecule has 1 aromatic heterocycles. The van der Waals surface area contributed by atoms with Gasteiger partial charge in [-0.15, -0.1) is 0 Å². The Hall–Kier alpha value is -0.650. The lowest BCUT2D eigenvalue weighted by Gasteiger charge is -2.03. The zero-order valence-corrected chi connectivity index (χ0v) is 9.09. The van der Waals surface area contributed by atoms with Crippen LogP contribution in [0.4, 0.5) is 0 Å². The molecule has 0 radical (unpaired) electrons. The van der Waals surface area contributed by atoms with Crippen molar-refractivity contribution >= 4 is 11.5 Å². The summed E-state index contributed by atoms with van der Waals surface area (Å²) in [5, 5.41) is 1.80. The van der Waals surface area contributed by atoms with Gasteiger partial charge >= 0.3 is 0 Å². The van der Waals surface area contributed by atoms with E-state index in [1.807, 2.05) is 0 Å². The Morgan fingerprint density at radius 1 is 1.43 bits per heavy atom. The highest BCUT2D eigenvalue weighted by Gasteiger charge is 1.95. The Kier molecular flexibility index (Phi) is 5.51. The molecule has 1 rings (SSSR count). The molecule has 0 aromatic carbocycles. The minimum Gasteiger partial charge on any atom is -0.382 e. The predicted molar refractivity (Wildman–Crippen MR) is 55.9 cm³/mol. The Morgan fingerprint density at radius 3 is 2.93 bits per heavy atom. The first-order valence-electron chi connectivity index (χ1n) is 4.56. The lowest BCUT2D eigenvalue weighted by atomic mass is 10.4. The molecular weight excluding hydrogens is 202 g/mol. The molecular formula is C9H15NO3S. The lowest BCUT2D eigenvalue weighted by Crippen LogP contribution is -2.13. The van der Waals surface area contributed by atoms with Gasteiger partial charge in [0.25, 0.3) is 5.56 Å². The van der Waals surface area contributed by atoms with Crippen molar-refractivity contribution < 1.29 is 9.47 Å². The standard InChI is InChI=1S/C9H15NO3S/c1-12-6-7-13-5-2-4-10-9(11)3-8-14-10/h3,8H,2,4-7H2,1H3. The summed E-state index contributed by atoms with van der Waals surface area (Å²) in [7, 11) is 1.65. The van der Waals surface area contributed by atoms with E-state index in [1.165, 1.54) is 11.5 Å². The van der Waals surface area contributed by atoms with Crippen molar-refractivity contribution in [3.63, 3.8) is 0 Å². The molecule has 0 fully saturated rings. The number of hydrogen-bond acceptors (Lipinski definition) is 4. The van der Waals surface area contributed by atoms with Crippen molar-refractivity contribution in [3.05, 3.63) is 21.8 Å². The minimum absolute atomic E-state index is 0.0758. The third kappa shape index (κ3) is 4.04. The number of rotatable bonds is 7. The summed E-state index contributed by atoms with van der Waals surface area (Å²) in [6, 6.07) is 1.58. The summed E-state index contributed by atoms with van der Waals surface area (Å²) in [4.78, 5) is 11.1. The zero-order chi connectivity index (χ0) is 10.2. The first kappa shape index (κ1) is 11.4. The summed E-state index contributed by atoms with van der Waals surface area (Å²) in [5.74, 6) is 0. The van der Waals surface area contributed by atoms with E-state index < -0.39 is 0 Å². The number of hydrogen-bond donors (Lipinski definition) is 0. The molecule has 0 saturated heterocycles. The van der Waals surface area contributed by atoms with Gasteiger partial charge in [0.1, 0.15) is 0 Å². The van der Waals surface area contributed by atoms with Gasteiger partial charge in [-0.3, -0.25) is 8.75 Å². The molecule has 0 aliphatic heterocycles. The van der Waals surface area contributed by atoms with E-state index in [2.05, 4.69) is 0 Å². The first-order chi connectivity index (χ1) is 6.84. The van der Waals surface area contributed by atoms with Crippen molar-refractivity contribution in [2.45, 2.75) is 13.0 Å². The molecule has 14 heavy (non-hydrogen) atoms. The molecule has 0 amide bonds. The third-order valence-corrected chi connectivity index (χ3v) is 2.60. The maximum Gasteiger partial charge on any atom is 0.260 e. The van der Waals surface area contributed by atoms with Gasteiger partial charge in [-0.1, -0.05) is 11.5 Å². The highest BCUT2D eigenvalue weighted by molar-refractivity contribution is 7.04. The zero-order valence-electron chi connectivity index (χ0n) is 8.27. The Labute approximate surface area is 87.2 Å². The molecule has 0 saturated carbocycles. The van der Waals surface area contributed by atoms with E-state index in [4.69, 9.17) is 9.47 Å². The van der Waals surface area contributed by atoms with Gasteiger partial charge in [0.15, 0.2) is 0 Å². The largest absolute Gasteiger partial charge is 0.382 e. The van der Waals surface area contributed by atoms with Crippen molar-refractivity contribution in [1.82, 2.24) is 3.96 Å². The van der Waals surface area contributed by atoms with Gasteiger partial charge in [-0.05, 0) is 6.42 Å². The van der Waals surface area contributed by atoms with E-state index >= 15 is 0 Å². The van der Waals surface area contributed by atoms with Crippen LogP contribution in [0.3, 0.4) is 0 Å². The molecule has 80 valence electrons. The molecule has 0 aliphatic carbocycles. The molecule has 0 atom stereocenters. The number of aryl methyl sites for hydroxylation is 1. The summed E-state index contributed by atoms with van der Waals surface area (Å²) in [6.45, 7) is 2.66. The summed E-state index contributed by atoms with van der Waals surface area (Å²) in [5.41, 5.74) is 0.0758. The second kappa shape index (κ2) is 6.75. The van der Waals surface area contributed by atoms with Crippen LogP contribution in [0.1, 0.15) is 6.42 Å². The number of nitrogens with zero attached hydrogens (tertiary/aromatic N) is 1. The van der Waals surface area contributed by atoms with E-state index in [0.29, 0.717) is 19.8 Å². The van der Waals surface area contributed by atoms with Crippen LogP contribution in [-0.4, -0.2) is 30.9 Å². The molecule has 0 unspecified atom stereocenters. The number of ether oxygens (including phenoxy) is 2. The maximum absolute atomic E-state index is 11.1. The van der Waals surface area contributed by atoms with Crippen LogP contribution in [0.5, 0.6) is 0 Å². The predicted octanol–water partition coefficient (Wildman–Crippen LogP) is 0.963. The Morgan fingerprint density at radius 2 is 2.29 bits per heavy atom. The SMILES string of the molecule is COCCOCCCn1sccc1=O. The smallest absolute Gasteiger partial charge is 0.260 e. The van der Waals surface area contributed by atoms with E-state index in [9.17, 15) is 4.79 Å². The van der Waals surface area contributed by atoms with Crippen molar-refractivity contribution in [2.24, 2.45) is 0 Å². The van der Waals surface area contributed by atoms with E-state index in [1.54, 1.807) is 22.5 Å². The van der Waals surface area contributed by atoms with Crippen molar-refractivity contribution in [1.29, 1.82) is 0 Å². The second-order valence-corrected chi connectivity index (χ2v) is 3.73. The summed E-state index contributed by atoms with van der Waals surface area (Å²) < 4.78 is 11.8. The van der Waals surface area contributed by atoms with Crippen LogP contribution >= 0.6 is 11.5 Å². The summed E-state index contributed by atoms with van der Waals surface area (Å²) >= 11 is 1.44. The average Bonchev–Trinajstić information content (AvgIpc) is 2.58. The normalized spacial score (nSPS) is 10.6. The highest BCUT2D eigenvalue weighted by atomic mass is 32.1. The molecule has 1 aromatic rings. The Balaban J connectivity index is 2.05.